The molecule has 2 heterocycles. The summed E-state index contributed by atoms with van der Waals surface area (Å²) in [7, 11) is 1.89. The summed E-state index contributed by atoms with van der Waals surface area (Å²) in [5, 5.41) is 5.02. The highest BCUT2D eigenvalue weighted by molar-refractivity contribution is 6.31. The van der Waals surface area contributed by atoms with Gasteiger partial charge in [0.25, 0.3) is 0 Å². The zero-order valence-electron chi connectivity index (χ0n) is 12.0. The average Bonchev–Trinajstić information content (AvgIpc) is 2.70. The van der Waals surface area contributed by atoms with E-state index >= 15 is 0 Å². The molecule has 2 aromatic rings. The summed E-state index contributed by atoms with van der Waals surface area (Å²) in [5.74, 6) is 1.81. The molecule has 0 fully saturated rings. The summed E-state index contributed by atoms with van der Waals surface area (Å²) in [6.45, 7) is 7.85. The molecular weight excluding hydrogens is 262 g/mol. The zero-order valence-corrected chi connectivity index (χ0v) is 12.8. The fraction of sp³-hybridized carbons (Fsp3) is 0.500. The highest BCUT2D eigenvalue weighted by atomic mass is 35.5. The van der Waals surface area contributed by atoms with E-state index in [0.29, 0.717) is 11.4 Å². The van der Waals surface area contributed by atoms with Crippen LogP contribution in [0.5, 0.6) is 0 Å². The second-order valence-electron chi connectivity index (χ2n) is 5.03. The Kier molecular flexibility index (Phi) is 3.74. The molecule has 0 bridgehead atoms. The number of aryl methyl sites for hydroxylation is 4. The van der Waals surface area contributed by atoms with E-state index in [0.717, 1.165) is 34.0 Å². The third-order valence-corrected chi connectivity index (χ3v) is 4.15. The van der Waals surface area contributed by atoms with E-state index in [1.165, 1.54) is 0 Å². The number of rotatable bonds is 3. The van der Waals surface area contributed by atoms with Crippen molar-refractivity contribution in [2.45, 2.75) is 40.2 Å². The van der Waals surface area contributed by atoms with Crippen LogP contribution < -0.4 is 5.73 Å². The molecule has 0 aromatic carbocycles. The molecule has 0 spiro atoms. The summed E-state index contributed by atoms with van der Waals surface area (Å²) in [5.41, 5.74) is 10.3. The smallest absolute Gasteiger partial charge is 0.106 e. The molecule has 1 unspecified atom stereocenters. The lowest BCUT2D eigenvalue weighted by Crippen LogP contribution is -2.17. The minimum absolute atomic E-state index is 0.134. The standard InChI is InChI=1S/C14H20ClN3O/c1-7-9(3)19-10(4)13(7)11(16)6-12-14(15)8(2)17-18(12)5/h11H,6,16H2,1-5H3. The van der Waals surface area contributed by atoms with Gasteiger partial charge in [0.2, 0.25) is 0 Å². The predicted octanol–water partition coefficient (Wildman–Crippen LogP) is 3.14. The van der Waals surface area contributed by atoms with E-state index in [2.05, 4.69) is 5.10 Å². The van der Waals surface area contributed by atoms with E-state index in [1.54, 1.807) is 4.68 Å². The first-order valence-electron chi connectivity index (χ1n) is 6.33. The van der Waals surface area contributed by atoms with Gasteiger partial charge in [-0.05, 0) is 33.3 Å². The fourth-order valence-corrected chi connectivity index (χ4v) is 2.80. The van der Waals surface area contributed by atoms with Crippen molar-refractivity contribution in [1.29, 1.82) is 0 Å². The van der Waals surface area contributed by atoms with Gasteiger partial charge in [0.1, 0.15) is 11.5 Å². The summed E-state index contributed by atoms with van der Waals surface area (Å²) < 4.78 is 7.44. The van der Waals surface area contributed by atoms with Crippen molar-refractivity contribution >= 4 is 11.6 Å². The largest absolute Gasteiger partial charge is 0.466 e. The number of furan rings is 1. The van der Waals surface area contributed by atoms with Gasteiger partial charge < -0.3 is 10.2 Å². The molecule has 104 valence electrons. The van der Waals surface area contributed by atoms with Crippen LogP contribution in [0.15, 0.2) is 4.42 Å². The highest BCUT2D eigenvalue weighted by Gasteiger charge is 2.21. The second-order valence-corrected chi connectivity index (χ2v) is 5.41. The van der Waals surface area contributed by atoms with Crippen LogP contribution in [0.25, 0.3) is 0 Å². The first kappa shape index (κ1) is 14.2. The fourth-order valence-electron chi connectivity index (χ4n) is 2.57. The van der Waals surface area contributed by atoms with Crippen molar-refractivity contribution in [2.75, 3.05) is 0 Å². The second kappa shape index (κ2) is 5.02. The first-order valence-corrected chi connectivity index (χ1v) is 6.70. The van der Waals surface area contributed by atoms with Gasteiger partial charge in [0.15, 0.2) is 0 Å². The maximum Gasteiger partial charge on any atom is 0.106 e. The summed E-state index contributed by atoms with van der Waals surface area (Å²) in [4.78, 5) is 0. The van der Waals surface area contributed by atoms with E-state index in [4.69, 9.17) is 21.8 Å². The van der Waals surface area contributed by atoms with E-state index in [-0.39, 0.29) is 6.04 Å². The molecule has 0 aliphatic carbocycles. The number of aromatic nitrogens is 2. The lowest BCUT2D eigenvalue weighted by atomic mass is 9.99. The molecule has 2 N–H and O–H groups in total. The van der Waals surface area contributed by atoms with Crippen molar-refractivity contribution in [2.24, 2.45) is 12.8 Å². The van der Waals surface area contributed by atoms with Gasteiger partial charge in [-0.3, -0.25) is 4.68 Å². The van der Waals surface area contributed by atoms with Crippen molar-refractivity contribution < 1.29 is 4.42 Å². The zero-order chi connectivity index (χ0) is 14.3. The van der Waals surface area contributed by atoms with Crippen LogP contribution in [0.1, 0.15) is 40.1 Å². The first-order chi connectivity index (χ1) is 8.82. The lowest BCUT2D eigenvalue weighted by Gasteiger charge is -2.13. The molecule has 0 saturated carbocycles. The Bertz CT molecular complexity index is 613. The van der Waals surface area contributed by atoms with Crippen LogP contribution in [0.4, 0.5) is 0 Å². The molecule has 1 atom stereocenters. The third-order valence-electron chi connectivity index (χ3n) is 3.66. The maximum atomic E-state index is 6.33. The number of nitrogens with zero attached hydrogens (tertiary/aromatic N) is 2. The van der Waals surface area contributed by atoms with Crippen LogP contribution in [0, 0.1) is 27.7 Å². The average molecular weight is 282 g/mol. The van der Waals surface area contributed by atoms with E-state index in [9.17, 15) is 0 Å². The number of halogens is 1. The van der Waals surface area contributed by atoms with E-state index < -0.39 is 0 Å². The van der Waals surface area contributed by atoms with Gasteiger partial charge in [-0.1, -0.05) is 11.6 Å². The van der Waals surface area contributed by atoms with Gasteiger partial charge in [-0.15, -0.1) is 0 Å². The monoisotopic (exact) mass is 281 g/mol. The third kappa shape index (κ3) is 2.42. The molecule has 0 radical (unpaired) electrons. The molecule has 4 nitrogen and oxygen atoms in total. The van der Waals surface area contributed by atoms with E-state index in [1.807, 2.05) is 34.7 Å². The molecular formula is C14H20ClN3O. The summed E-state index contributed by atoms with van der Waals surface area (Å²) >= 11 is 6.27. The SMILES string of the molecule is Cc1nn(C)c(CC(N)c2c(C)oc(C)c2C)c1Cl. The van der Waals surface area contributed by atoms with Gasteiger partial charge in [0, 0.05) is 25.1 Å². The minimum Gasteiger partial charge on any atom is -0.466 e. The molecule has 5 heteroatoms. The molecule has 19 heavy (non-hydrogen) atoms. The number of hydrogen-bond donors (Lipinski definition) is 1. The molecule has 0 aliphatic heterocycles. The van der Waals surface area contributed by atoms with Crippen LogP contribution in [-0.2, 0) is 13.5 Å². The Morgan fingerprint density at radius 1 is 1.26 bits per heavy atom. The van der Waals surface area contributed by atoms with Crippen molar-refractivity contribution in [3.8, 4) is 0 Å². The van der Waals surface area contributed by atoms with Crippen LogP contribution in [0.3, 0.4) is 0 Å². The molecule has 2 rings (SSSR count). The maximum absolute atomic E-state index is 6.33. The Morgan fingerprint density at radius 3 is 2.32 bits per heavy atom. The predicted molar refractivity (Wildman–Crippen MR) is 76.5 cm³/mol. The number of hydrogen-bond acceptors (Lipinski definition) is 3. The molecule has 0 saturated heterocycles. The van der Waals surface area contributed by atoms with Gasteiger partial charge in [-0.2, -0.15) is 5.10 Å². The Morgan fingerprint density at radius 2 is 1.89 bits per heavy atom. The van der Waals surface area contributed by atoms with Gasteiger partial charge in [0.05, 0.1) is 16.4 Å². The van der Waals surface area contributed by atoms with Crippen molar-refractivity contribution in [3.63, 3.8) is 0 Å². The quantitative estimate of drug-likeness (QED) is 0.940. The van der Waals surface area contributed by atoms with Crippen LogP contribution in [0.2, 0.25) is 5.02 Å². The van der Waals surface area contributed by atoms with Crippen LogP contribution >= 0.6 is 11.6 Å². The van der Waals surface area contributed by atoms with Gasteiger partial charge in [-0.25, -0.2) is 0 Å². The number of nitrogens with two attached hydrogens (primary N) is 1. The molecule has 0 amide bonds. The van der Waals surface area contributed by atoms with Gasteiger partial charge >= 0.3 is 0 Å². The Labute approximate surface area is 118 Å². The normalized spacial score (nSPS) is 13.0. The summed E-state index contributed by atoms with van der Waals surface area (Å²) in [6, 6.07) is -0.134. The summed E-state index contributed by atoms with van der Waals surface area (Å²) in [6.07, 6.45) is 0.650. The Balaban J connectivity index is 2.33. The molecule has 0 aliphatic rings. The topological polar surface area (TPSA) is 57.0 Å². The minimum atomic E-state index is -0.134. The van der Waals surface area contributed by atoms with Crippen LogP contribution in [-0.4, -0.2) is 9.78 Å². The Hall–Kier alpha value is -1.26. The van der Waals surface area contributed by atoms with Crippen molar-refractivity contribution in [1.82, 2.24) is 9.78 Å². The highest BCUT2D eigenvalue weighted by Crippen LogP contribution is 2.30. The van der Waals surface area contributed by atoms with Crippen molar-refractivity contribution in [3.05, 3.63) is 39.1 Å². The lowest BCUT2D eigenvalue weighted by molar-refractivity contribution is 0.495. The molecule has 2 aromatic heterocycles.